The molecule has 1 aliphatic carbocycles. The van der Waals surface area contributed by atoms with Crippen molar-refractivity contribution in [1.82, 2.24) is 4.98 Å². The fraction of sp³-hybridized carbons (Fsp3) is 0.500. The van der Waals surface area contributed by atoms with E-state index in [1.54, 1.807) is 11.3 Å². The molecular formula is C14H17ClN2S. The van der Waals surface area contributed by atoms with Crippen molar-refractivity contribution < 1.29 is 0 Å². The lowest BCUT2D eigenvalue weighted by Crippen LogP contribution is -2.40. The third-order valence-corrected chi connectivity index (χ3v) is 5.58. The van der Waals surface area contributed by atoms with Crippen LogP contribution in [-0.2, 0) is 5.54 Å². The van der Waals surface area contributed by atoms with Crippen LogP contribution in [0, 0.1) is 5.92 Å². The Morgan fingerprint density at radius 3 is 3.06 bits per heavy atom. The summed E-state index contributed by atoms with van der Waals surface area (Å²) in [7, 11) is 0. The van der Waals surface area contributed by atoms with Crippen LogP contribution in [0.2, 0.25) is 5.02 Å². The van der Waals surface area contributed by atoms with E-state index in [0.717, 1.165) is 33.1 Å². The number of nitrogens with zero attached hydrogens (tertiary/aromatic N) is 1. The van der Waals surface area contributed by atoms with Crippen molar-refractivity contribution in [3.63, 3.8) is 0 Å². The Kier molecular flexibility index (Phi) is 3.08. The maximum Gasteiger partial charge on any atom is 0.114 e. The number of fused-ring (bicyclic) bond motifs is 1. The van der Waals surface area contributed by atoms with Crippen molar-refractivity contribution in [3.05, 3.63) is 28.2 Å². The second-order valence-corrected chi connectivity index (χ2v) is 6.87. The molecule has 1 aromatic carbocycles. The van der Waals surface area contributed by atoms with E-state index in [0.29, 0.717) is 5.92 Å². The van der Waals surface area contributed by atoms with E-state index in [1.165, 1.54) is 12.8 Å². The van der Waals surface area contributed by atoms with Crippen molar-refractivity contribution >= 4 is 33.2 Å². The third kappa shape index (κ3) is 2.04. The van der Waals surface area contributed by atoms with Gasteiger partial charge in [-0.3, -0.25) is 0 Å². The summed E-state index contributed by atoms with van der Waals surface area (Å²) < 4.78 is 1.07. The molecule has 0 bridgehead atoms. The highest BCUT2D eigenvalue weighted by Gasteiger charge is 2.35. The van der Waals surface area contributed by atoms with E-state index in [-0.39, 0.29) is 5.54 Å². The topological polar surface area (TPSA) is 38.9 Å². The van der Waals surface area contributed by atoms with Crippen LogP contribution >= 0.6 is 22.9 Å². The number of aromatic nitrogens is 1. The molecule has 4 heteroatoms. The second-order valence-electron chi connectivity index (χ2n) is 5.46. The second kappa shape index (κ2) is 4.48. The summed E-state index contributed by atoms with van der Waals surface area (Å²) in [6, 6.07) is 5.87. The van der Waals surface area contributed by atoms with Crippen molar-refractivity contribution in [2.24, 2.45) is 11.7 Å². The molecule has 1 heterocycles. The summed E-state index contributed by atoms with van der Waals surface area (Å²) in [4.78, 5) is 4.71. The first kappa shape index (κ1) is 12.4. The monoisotopic (exact) mass is 280 g/mol. The molecule has 0 saturated heterocycles. The quantitative estimate of drug-likeness (QED) is 0.845. The number of thiazole rings is 1. The van der Waals surface area contributed by atoms with Crippen molar-refractivity contribution in [2.45, 2.75) is 38.1 Å². The van der Waals surface area contributed by atoms with Gasteiger partial charge in [0.25, 0.3) is 0 Å². The summed E-state index contributed by atoms with van der Waals surface area (Å²) in [5.41, 5.74) is 7.32. The van der Waals surface area contributed by atoms with Gasteiger partial charge in [0.2, 0.25) is 0 Å². The molecule has 0 radical (unpaired) electrons. The van der Waals surface area contributed by atoms with Crippen LogP contribution in [0.15, 0.2) is 18.2 Å². The lowest BCUT2D eigenvalue weighted by Gasteiger charge is -2.35. The van der Waals surface area contributed by atoms with E-state index in [2.05, 4.69) is 6.92 Å². The summed E-state index contributed by atoms with van der Waals surface area (Å²) in [6.45, 7) is 2.28. The first-order valence-corrected chi connectivity index (χ1v) is 7.62. The van der Waals surface area contributed by atoms with Gasteiger partial charge >= 0.3 is 0 Å². The maximum atomic E-state index is 6.59. The lowest BCUT2D eigenvalue weighted by atomic mass is 9.77. The SMILES string of the molecule is CC1CCCC(N)(c2nc3cccc(Cl)c3s2)C1. The number of rotatable bonds is 1. The van der Waals surface area contributed by atoms with Gasteiger partial charge in [0.1, 0.15) is 5.01 Å². The van der Waals surface area contributed by atoms with Gasteiger partial charge < -0.3 is 5.73 Å². The summed E-state index contributed by atoms with van der Waals surface area (Å²) >= 11 is 7.88. The van der Waals surface area contributed by atoms with Crippen LogP contribution in [-0.4, -0.2) is 4.98 Å². The van der Waals surface area contributed by atoms with Gasteiger partial charge in [0, 0.05) is 0 Å². The molecule has 2 aromatic rings. The molecule has 0 amide bonds. The standard InChI is InChI=1S/C14H17ClN2S/c1-9-4-3-7-14(16,8-9)13-17-11-6-2-5-10(15)12(11)18-13/h2,5-6,9H,3-4,7-8,16H2,1H3. The molecule has 1 aromatic heterocycles. The minimum atomic E-state index is -0.245. The fourth-order valence-corrected chi connectivity index (χ4v) is 4.31. The van der Waals surface area contributed by atoms with Crippen LogP contribution in [0.3, 0.4) is 0 Å². The summed E-state index contributed by atoms with van der Waals surface area (Å²) in [5, 5.41) is 1.83. The van der Waals surface area contributed by atoms with Crippen LogP contribution in [0.25, 0.3) is 10.2 Å². The molecule has 2 N–H and O–H groups in total. The maximum absolute atomic E-state index is 6.59. The van der Waals surface area contributed by atoms with Crippen LogP contribution < -0.4 is 5.73 Å². The molecule has 0 spiro atoms. The van der Waals surface area contributed by atoms with Gasteiger partial charge in [0.15, 0.2) is 0 Å². The fourth-order valence-electron chi connectivity index (χ4n) is 2.91. The smallest absolute Gasteiger partial charge is 0.114 e. The Hall–Kier alpha value is -0.640. The Morgan fingerprint density at radius 2 is 2.33 bits per heavy atom. The van der Waals surface area contributed by atoms with Gasteiger partial charge in [-0.2, -0.15) is 0 Å². The molecule has 1 fully saturated rings. The Balaban J connectivity index is 2.06. The average molecular weight is 281 g/mol. The highest BCUT2D eigenvalue weighted by atomic mass is 35.5. The Labute approximate surface area is 116 Å². The normalized spacial score (nSPS) is 28.7. The van der Waals surface area contributed by atoms with Crippen molar-refractivity contribution in [3.8, 4) is 0 Å². The molecule has 1 saturated carbocycles. The molecular weight excluding hydrogens is 264 g/mol. The van der Waals surface area contributed by atoms with Crippen molar-refractivity contribution in [1.29, 1.82) is 0 Å². The molecule has 0 aliphatic heterocycles. The van der Waals surface area contributed by atoms with Crippen molar-refractivity contribution in [2.75, 3.05) is 0 Å². The molecule has 96 valence electrons. The zero-order chi connectivity index (χ0) is 12.8. The highest BCUT2D eigenvalue weighted by Crippen LogP contribution is 2.41. The number of benzene rings is 1. The lowest BCUT2D eigenvalue weighted by molar-refractivity contribution is 0.239. The largest absolute Gasteiger partial charge is 0.319 e. The predicted molar refractivity (Wildman–Crippen MR) is 78.1 cm³/mol. The highest BCUT2D eigenvalue weighted by molar-refractivity contribution is 7.19. The molecule has 2 unspecified atom stereocenters. The number of hydrogen-bond donors (Lipinski definition) is 1. The molecule has 1 aliphatic rings. The Morgan fingerprint density at radius 1 is 1.50 bits per heavy atom. The van der Waals surface area contributed by atoms with Crippen LogP contribution in [0.4, 0.5) is 0 Å². The molecule has 2 nitrogen and oxygen atoms in total. The van der Waals surface area contributed by atoms with Gasteiger partial charge in [-0.1, -0.05) is 37.4 Å². The average Bonchev–Trinajstić information content (AvgIpc) is 2.75. The van der Waals surface area contributed by atoms with E-state index < -0.39 is 0 Å². The van der Waals surface area contributed by atoms with E-state index in [4.69, 9.17) is 22.3 Å². The molecule has 18 heavy (non-hydrogen) atoms. The van der Waals surface area contributed by atoms with Crippen LogP contribution in [0.5, 0.6) is 0 Å². The van der Waals surface area contributed by atoms with Gasteiger partial charge in [-0.05, 0) is 30.9 Å². The Bertz CT molecular complexity index is 580. The zero-order valence-corrected chi connectivity index (χ0v) is 12.0. The zero-order valence-electron chi connectivity index (χ0n) is 10.4. The number of halogens is 1. The van der Waals surface area contributed by atoms with E-state index in [9.17, 15) is 0 Å². The van der Waals surface area contributed by atoms with E-state index in [1.807, 2.05) is 18.2 Å². The minimum Gasteiger partial charge on any atom is -0.319 e. The van der Waals surface area contributed by atoms with Crippen LogP contribution in [0.1, 0.15) is 37.6 Å². The molecule has 2 atom stereocenters. The third-order valence-electron chi connectivity index (χ3n) is 3.83. The summed E-state index contributed by atoms with van der Waals surface area (Å²) in [5.74, 6) is 0.686. The van der Waals surface area contributed by atoms with Gasteiger partial charge in [-0.25, -0.2) is 4.98 Å². The van der Waals surface area contributed by atoms with Gasteiger partial charge in [0.05, 0.1) is 20.8 Å². The first-order chi connectivity index (χ1) is 8.58. The minimum absolute atomic E-state index is 0.245. The van der Waals surface area contributed by atoms with Gasteiger partial charge in [-0.15, -0.1) is 11.3 Å². The summed E-state index contributed by atoms with van der Waals surface area (Å²) in [6.07, 6.45) is 4.55. The number of nitrogens with two attached hydrogens (primary N) is 1. The predicted octanol–water partition coefficient (Wildman–Crippen LogP) is 4.31. The molecule has 3 rings (SSSR count). The first-order valence-electron chi connectivity index (χ1n) is 6.43. The van der Waals surface area contributed by atoms with E-state index >= 15 is 0 Å². The number of hydrogen-bond acceptors (Lipinski definition) is 3.